The van der Waals surface area contributed by atoms with Gasteiger partial charge < -0.3 is 20.5 Å². The number of carbonyl (C=O) groups excluding carboxylic acids is 2. The highest BCUT2D eigenvalue weighted by Crippen LogP contribution is 2.32. The van der Waals surface area contributed by atoms with E-state index in [4.69, 9.17) is 9.84 Å². The van der Waals surface area contributed by atoms with Gasteiger partial charge in [0.2, 0.25) is 11.8 Å². The molecule has 0 aromatic heterocycles. The molecule has 0 heterocycles. The van der Waals surface area contributed by atoms with Gasteiger partial charge in [-0.15, -0.1) is 0 Å². The second-order valence-electron chi connectivity index (χ2n) is 5.00. The van der Waals surface area contributed by atoms with E-state index in [1.165, 1.54) is 7.11 Å². The van der Waals surface area contributed by atoms with Crippen molar-refractivity contribution in [1.82, 2.24) is 10.6 Å². The number of hydrogen-bond acceptors (Lipinski definition) is 4. The first-order valence-corrected chi connectivity index (χ1v) is 6.77. The second kappa shape index (κ2) is 7.84. The first-order chi connectivity index (χ1) is 9.47. The lowest BCUT2D eigenvalue weighted by molar-refractivity contribution is -0.146. The predicted molar refractivity (Wildman–Crippen MR) is 71.0 cm³/mol. The Bertz CT molecular complexity index is 372. The van der Waals surface area contributed by atoms with E-state index in [1.807, 2.05) is 0 Å². The fraction of sp³-hybridized carbons (Fsp3) is 0.769. The van der Waals surface area contributed by atoms with Gasteiger partial charge in [-0.2, -0.15) is 0 Å². The van der Waals surface area contributed by atoms with Gasteiger partial charge in [0.05, 0.1) is 18.4 Å². The molecule has 0 spiro atoms. The van der Waals surface area contributed by atoms with Crippen LogP contribution >= 0.6 is 0 Å². The van der Waals surface area contributed by atoms with Crippen LogP contribution in [0.1, 0.15) is 26.2 Å². The average Bonchev–Trinajstić information content (AvgIpc) is 2.88. The number of amides is 2. The van der Waals surface area contributed by atoms with E-state index in [9.17, 15) is 14.4 Å². The maximum atomic E-state index is 12.0. The number of carbonyl (C=O) groups is 3. The Morgan fingerprint density at radius 3 is 2.55 bits per heavy atom. The minimum absolute atomic E-state index is 0.305. The van der Waals surface area contributed by atoms with Crippen LogP contribution in [0.25, 0.3) is 0 Å². The van der Waals surface area contributed by atoms with Crippen molar-refractivity contribution in [3.8, 4) is 0 Å². The van der Waals surface area contributed by atoms with E-state index >= 15 is 0 Å². The van der Waals surface area contributed by atoms with Crippen LogP contribution in [0.15, 0.2) is 0 Å². The molecule has 0 radical (unpaired) electrons. The van der Waals surface area contributed by atoms with Crippen molar-refractivity contribution < 1.29 is 24.2 Å². The maximum absolute atomic E-state index is 12.0. The number of aliphatic carboxylic acids is 1. The molecule has 114 valence electrons. The van der Waals surface area contributed by atoms with Gasteiger partial charge in [-0.1, -0.05) is 6.42 Å². The molecule has 1 saturated carbocycles. The zero-order valence-electron chi connectivity index (χ0n) is 11.8. The summed E-state index contributed by atoms with van der Waals surface area (Å²) in [5.41, 5.74) is 0. The molecule has 3 unspecified atom stereocenters. The summed E-state index contributed by atoms with van der Waals surface area (Å²) in [5.74, 6) is -2.79. The van der Waals surface area contributed by atoms with Crippen molar-refractivity contribution in [2.24, 2.45) is 11.8 Å². The highest BCUT2D eigenvalue weighted by Gasteiger charge is 2.38. The summed E-state index contributed by atoms with van der Waals surface area (Å²) >= 11 is 0. The molecule has 0 bridgehead atoms. The summed E-state index contributed by atoms with van der Waals surface area (Å²) in [4.78, 5) is 34.7. The molecule has 0 saturated heterocycles. The first-order valence-electron chi connectivity index (χ1n) is 6.77. The molecule has 1 rings (SSSR count). The van der Waals surface area contributed by atoms with Gasteiger partial charge in [0, 0.05) is 13.7 Å². The zero-order valence-corrected chi connectivity index (χ0v) is 11.8. The fourth-order valence-corrected chi connectivity index (χ4v) is 2.38. The third-order valence-electron chi connectivity index (χ3n) is 3.53. The van der Waals surface area contributed by atoms with Gasteiger partial charge in [-0.05, 0) is 19.8 Å². The van der Waals surface area contributed by atoms with Crippen LogP contribution in [-0.4, -0.2) is 49.2 Å². The van der Waals surface area contributed by atoms with Crippen molar-refractivity contribution in [3.63, 3.8) is 0 Å². The molecule has 0 aromatic carbocycles. The molecular weight excluding hydrogens is 264 g/mol. The standard InChI is InChI=1S/C13H22N2O5/c1-8(11(16)14-6-7-20-2)15-12(17)9-4-3-5-10(9)13(18)19/h8-10H,3-7H2,1-2H3,(H,14,16)(H,15,17)(H,18,19). The van der Waals surface area contributed by atoms with Crippen molar-refractivity contribution in [2.45, 2.75) is 32.2 Å². The smallest absolute Gasteiger partial charge is 0.307 e. The van der Waals surface area contributed by atoms with Gasteiger partial charge in [-0.3, -0.25) is 14.4 Å². The van der Waals surface area contributed by atoms with Crippen LogP contribution in [0.5, 0.6) is 0 Å². The largest absolute Gasteiger partial charge is 0.481 e. The number of rotatable bonds is 7. The molecule has 1 aliphatic rings. The normalized spacial score (nSPS) is 23.1. The van der Waals surface area contributed by atoms with Crippen molar-refractivity contribution >= 4 is 17.8 Å². The van der Waals surface area contributed by atoms with Gasteiger partial charge in [0.15, 0.2) is 0 Å². The lowest BCUT2D eigenvalue weighted by Crippen LogP contribution is -2.48. The van der Waals surface area contributed by atoms with Crippen LogP contribution in [0.3, 0.4) is 0 Å². The van der Waals surface area contributed by atoms with Crippen molar-refractivity contribution in [2.75, 3.05) is 20.3 Å². The molecule has 1 aliphatic carbocycles. The molecule has 3 atom stereocenters. The van der Waals surface area contributed by atoms with E-state index in [0.29, 0.717) is 26.0 Å². The Balaban J connectivity index is 2.44. The lowest BCUT2D eigenvalue weighted by Gasteiger charge is -2.19. The topological polar surface area (TPSA) is 105 Å². The zero-order chi connectivity index (χ0) is 15.1. The van der Waals surface area contributed by atoms with E-state index in [-0.39, 0.29) is 11.8 Å². The molecule has 0 aromatic rings. The van der Waals surface area contributed by atoms with Gasteiger partial charge in [-0.25, -0.2) is 0 Å². The summed E-state index contributed by atoms with van der Waals surface area (Å²) < 4.78 is 4.81. The summed E-state index contributed by atoms with van der Waals surface area (Å²) in [5, 5.41) is 14.2. The summed E-state index contributed by atoms with van der Waals surface area (Å²) in [6.45, 7) is 2.34. The highest BCUT2D eigenvalue weighted by atomic mass is 16.5. The Morgan fingerprint density at radius 2 is 1.95 bits per heavy atom. The van der Waals surface area contributed by atoms with Gasteiger partial charge in [0.1, 0.15) is 6.04 Å². The van der Waals surface area contributed by atoms with Crippen LogP contribution in [-0.2, 0) is 19.1 Å². The van der Waals surface area contributed by atoms with Crippen molar-refractivity contribution in [1.29, 1.82) is 0 Å². The summed E-state index contributed by atoms with van der Waals surface area (Å²) in [6, 6.07) is -0.686. The van der Waals surface area contributed by atoms with Crippen LogP contribution in [0.4, 0.5) is 0 Å². The van der Waals surface area contributed by atoms with E-state index < -0.39 is 23.8 Å². The second-order valence-corrected chi connectivity index (χ2v) is 5.00. The average molecular weight is 286 g/mol. The molecule has 20 heavy (non-hydrogen) atoms. The SMILES string of the molecule is COCCNC(=O)C(C)NC(=O)C1CCCC1C(=O)O. The number of carboxylic acid groups (broad SMARTS) is 1. The molecule has 1 fully saturated rings. The number of ether oxygens (including phenoxy) is 1. The van der Waals surface area contributed by atoms with Crippen molar-refractivity contribution in [3.05, 3.63) is 0 Å². The van der Waals surface area contributed by atoms with Crippen LogP contribution in [0, 0.1) is 11.8 Å². The van der Waals surface area contributed by atoms with E-state index in [2.05, 4.69) is 10.6 Å². The number of methoxy groups -OCH3 is 1. The Labute approximate surface area is 118 Å². The summed E-state index contributed by atoms with van der Waals surface area (Å²) in [7, 11) is 1.53. The Kier molecular flexibility index (Phi) is 6.44. The van der Waals surface area contributed by atoms with E-state index in [1.54, 1.807) is 6.92 Å². The fourth-order valence-electron chi connectivity index (χ4n) is 2.38. The maximum Gasteiger partial charge on any atom is 0.307 e. The quantitative estimate of drug-likeness (QED) is 0.560. The molecule has 0 aliphatic heterocycles. The third kappa shape index (κ3) is 4.48. The first kappa shape index (κ1) is 16.4. The number of hydrogen-bond donors (Lipinski definition) is 3. The predicted octanol–water partition coefficient (Wildman–Crippen LogP) is -0.245. The van der Waals surface area contributed by atoms with Gasteiger partial charge in [0.25, 0.3) is 0 Å². The Hall–Kier alpha value is -1.63. The number of carboxylic acids is 1. The molecule has 7 heteroatoms. The summed E-state index contributed by atoms with van der Waals surface area (Å²) in [6.07, 6.45) is 1.80. The molecule has 2 amide bonds. The third-order valence-corrected chi connectivity index (χ3v) is 3.53. The Morgan fingerprint density at radius 1 is 1.30 bits per heavy atom. The molecule has 3 N–H and O–H groups in total. The van der Waals surface area contributed by atoms with Crippen LogP contribution in [0.2, 0.25) is 0 Å². The lowest BCUT2D eigenvalue weighted by atomic mass is 9.95. The van der Waals surface area contributed by atoms with Gasteiger partial charge >= 0.3 is 5.97 Å². The monoisotopic (exact) mass is 286 g/mol. The van der Waals surface area contributed by atoms with E-state index in [0.717, 1.165) is 6.42 Å². The minimum Gasteiger partial charge on any atom is -0.481 e. The molecule has 7 nitrogen and oxygen atoms in total. The molecular formula is C13H22N2O5. The van der Waals surface area contributed by atoms with Crippen LogP contribution < -0.4 is 10.6 Å². The number of nitrogens with one attached hydrogen (secondary N) is 2. The minimum atomic E-state index is -0.945. The highest BCUT2D eigenvalue weighted by molar-refractivity contribution is 5.90.